The molecule has 1 aromatic heterocycles. The van der Waals surface area contributed by atoms with E-state index in [9.17, 15) is 0 Å². The molecule has 2 rings (SSSR count). The zero-order valence-corrected chi connectivity index (χ0v) is 12.1. The smallest absolute Gasteiger partial charge is 0.139 e. The third-order valence-electron chi connectivity index (χ3n) is 2.51. The first-order valence-corrected chi connectivity index (χ1v) is 6.60. The van der Waals surface area contributed by atoms with Crippen LogP contribution in [-0.4, -0.2) is 9.97 Å². The van der Waals surface area contributed by atoms with Crippen LogP contribution in [0.25, 0.3) is 0 Å². The molecule has 0 atom stereocenters. The zero-order valence-electron chi connectivity index (χ0n) is 9.74. The Balaban J connectivity index is 2.40. The van der Waals surface area contributed by atoms with Gasteiger partial charge in [-0.1, -0.05) is 34.5 Å². The summed E-state index contributed by atoms with van der Waals surface area (Å²) in [5, 5.41) is 3.80. The van der Waals surface area contributed by atoms with E-state index in [1.807, 2.05) is 25.1 Å². The van der Waals surface area contributed by atoms with Crippen LogP contribution in [0, 0.1) is 0 Å². The molecule has 94 valence electrons. The number of nitrogens with two attached hydrogens (primary N) is 1. The van der Waals surface area contributed by atoms with E-state index in [1.165, 1.54) is 6.33 Å². The lowest BCUT2D eigenvalue weighted by Crippen LogP contribution is -2.04. The first-order valence-electron chi connectivity index (χ1n) is 5.43. The molecule has 1 aromatic carbocycles. The summed E-state index contributed by atoms with van der Waals surface area (Å²) in [6.07, 6.45) is 2.18. The van der Waals surface area contributed by atoms with E-state index in [0.717, 1.165) is 22.1 Å². The SMILES string of the molecule is CCc1c(N)ncnc1Nc1cc(Br)ccc1Cl. The lowest BCUT2D eigenvalue weighted by atomic mass is 10.2. The number of anilines is 3. The number of aromatic nitrogens is 2. The summed E-state index contributed by atoms with van der Waals surface area (Å²) in [7, 11) is 0. The van der Waals surface area contributed by atoms with E-state index in [0.29, 0.717) is 16.7 Å². The number of benzene rings is 1. The van der Waals surface area contributed by atoms with Crippen LogP contribution in [0.1, 0.15) is 12.5 Å². The average Bonchev–Trinajstić information content (AvgIpc) is 2.34. The molecule has 2 aromatic rings. The molecule has 0 saturated heterocycles. The Morgan fingerprint density at radius 2 is 2.17 bits per heavy atom. The van der Waals surface area contributed by atoms with Crippen molar-refractivity contribution in [1.82, 2.24) is 9.97 Å². The molecule has 18 heavy (non-hydrogen) atoms. The van der Waals surface area contributed by atoms with Gasteiger partial charge in [0.25, 0.3) is 0 Å². The van der Waals surface area contributed by atoms with Crippen LogP contribution in [0.15, 0.2) is 29.0 Å². The second-order valence-corrected chi connectivity index (χ2v) is 5.01. The Morgan fingerprint density at radius 1 is 1.39 bits per heavy atom. The van der Waals surface area contributed by atoms with Crippen molar-refractivity contribution in [2.24, 2.45) is 0 Å². The quantitative estimate of drug-likeness (QED) is 0.900. The van der Waals surface area contributed by atoms with Crippen LogP contribution in [0.3, 0.4) is 0 Å². The third kappa shape index (κ3) is 2.73. The highest BCUT2D eigenvalue weighted by Crippen LogP contribution is 2.30. The third-order valence-corrected chi connectivity index (χ3v) is 3.34. The molecule has 0 amide bonds. The summed E-state index contributed by atoms with van der Waals surface area (Å²) in [6.45, 7) is 2.00. The highest BCUT2D eigenvalue weighted by molar-refractivity contribution is 9.10. The molecule has 0 radical (unpaired) electrons. The van der Waals surface area contributed by atoms with Gasteiger partial charge in [0, 0.05) is 10.0 Å². The van der Waals surface area contributed by atoms with Gasteiger partial charge in [0.15, 0.2) is 0 Å². The second-order valence-electron chi connectivity index (χ2n) is 3.69. The molecular weight excluding hydrogens is 316 g/mol. The van der Waals surface area contributed by atoms with Crippen LogP contribution in [-0.2, 0) is 6.42 Å². The number of halogens is 2. The van der Waals surface area contributed by atoms with E-state index in [2.05, 4.69) is 31.2 Å². The van der Waals surface area contributed by atoms with Gasteiger partial charge in [-0.3, -0.25) is 0 Å². The fourth-order valence-electron chi connectivity index (χ4n) is 1.60. The summed E-state index contributed by atoms with van der Waals surface area (Å²) in [5.41, 5.74) is 7.48. The minimum Gasteiger partial charge on any atom is -0.383 e. The topological polar surface area (TPSA) is 63.8 Å². The molecule has 3 N–H and O–H groups in total. The van der Waals surface area contributed by atoms with Gasteiger partial charge in [-0.05, 0) is 24.6 Å². The molecule has 0 spiro atoms. The molecule has 6 heteroatoms. The summed E-state index contributed by atoms with van der Waals surface area (Å²) >= 11 is 9.53. The van der Waals surface area contributed by atoms with Crippen molar-refractivity contribution in [3.05, 3.63) is 39.6 Å². The van der Waals surface area contributed by atoms with E-state index in [4.69, 9.17) is 17.3 Å². The predicted molar refractivity (Wildman–Crippen MR) is 78.3 cm³/mol. The van der Waals surface area contributed by atoms with Gasteiger partial charge in [0.2, 0.25) is 0 Å². The van der Waals surface area contributed by atoms with E-state index < -0.39 is 0 Å². The van der Waals surface area contributed by atoms with Crippen LogP contribution < -0.4 is 11.1 Å². The van der Waals surface area contributed by atoms with Crippen molar-refractivity contribution in [1.29, 1.82) is 0 Å². The van der Waals surface area contributed by atoms with Gasteiger partial charge >= 0.3 is 0 Å². The van der Waals surface area contributed by atoms with Gasteiger partial charge < -0.3 is 11.1 Å². The maximum absolute atomic E-state index is 6.12. The largest absolute Gasteiger partial charge is 0.383 e. The van der Waals surface area contributed by atoms with Gasteiger partial charge in [-0.15, -0.1) is 0 Å². The first kappa shape index (κ1) is 13.1. The van der Waals surface area contributed by atoms with E-state index in [-0.39, 0.29) is 0 Å². The van der Waals surface area contributed by atoms with Gasteiger partial charge in [-0.25, -0.2) is 9.97 Å². The van der Waals surface area contributed by atoms with E-state index >= 15 is 0 Å². The van der Waals surface area contributed by atoms with Gasteiger partial charge in [-0.2, -0.15) is 0 Å². The maximum Gasteiger partial charge on any atom is 0.139 e. The van der Waals surface area contributed by atoms with Crippen LogP contribution in [0.4, 0.5) is 17.3 Å². The normalized spacial score (nSPS) is 10.4. The number of hydrogen-bond donors (Lipinski definition) is 2. The zero-order chi connectivity index (χ0) is 13.1. The molecule has 1 heterocycles. The van der Waals surface area contributed by atoms with Gasteiger partial charge in [0.1, 0.15) is 18.0 Å². The van der Waals surface area contributed by atoms with Crippen LogP contribution in [0.5, 0.6) is 0 Å². The van der Waals surface area contributed by atoms with Crippen molar-refractivity contribution in [3.63, 3.8) is 0 Å². The molecule has 0 aliphatic rings. The second kappa shape index (κ2) is 5.54. The Kier molecular flexibility index (Phi) is 4.04. The Hall–Kier alpha value is -1.33. The number of rotatable bonds is 3. The van der Waals surface area contributed by atoms with Crippen molar-refractivity contribution >= 4 is 44.9 Å². The monoisotopic (exact) mass is 326 g/mol. The van der Waals surface area contributed by atoms with Gasteiger partial charge in [0.05, 0.1) is 10.7 Å². The average molecular weight is 328 g/mol. The predicted octanol–water partition coefficient (Wildman–Crippen LogP) is 3.78. The highest BCUT2D eigenvalue weighted by atomic mass is 79.9. The number of nitrogens with zero attached hydrogens (tertiary/aromatic N) is 2. The Bertz CT molecular complexity index is 574. The first-order chi connectivity index (χ1) is 8.61. The minimum atomic E-state index is 0.487. The molecule has 0 aliphatic carbocycles. The van der Waals surface area contributed by atoms with Crippen LogP contribution in [0.2, 0.25) is 5.02 Å². The standard InChI is InChI=1S/C12H12BrClN4/c1-2-8-11(15)16-6-17-12(8)18-10-5-7(13)3-4-9(10)14/h3-6H,2H2,1H3,(H3,15,16,17,18). The number of nitrogens with one attached hydrogen (secondary N) is 1. The molecule has 0 fully saturated rings. The molecule has 0 saturated carbocycles. The summed E-state index contributed by atoms with van der Waals surface area (Å²) in [6, 6.07) is 5.58. The molecule has 0 aliphatic heterocycles. The molecule has 0 bridgehead atoms. The summed E-state index contributed by atoms with van der Waals surface area (Å²) in [5.74, 6) is 1.17. The van der Waals surface area contributed by atoms with E-state index in [1.54, 1.807) is 0 Å². The fraction of sp³-hybridized carbons (Fsp3) is 0.167. The van der Waals surface area contributed by atoms with Crippen molar-refractivity contribution in [2.75, 3.05) is 11.1 Å². The van der Waals surface area contributed by atoms with Crippen molar-refractivity contribution in [3.8, 4) is 0 Å². The lowest BCUT2D eigenvalue weighted by molar-refractivity contribution is 1.06. The number of nitrogen functional groups attached to an aromatic ring is 1. The minimum absolute atomic E-state index is 0.487. The highest BCUT2D eigenvalue weighted by Gasteiger charge is 2.09. The Labute approximate surface area is 119 Å². The lowest BCUT2D eigenvalue weighted by Gasteiger charge is -2.12. The van der Waals surface area contributed by atoms with Crippen LogP contribution >= 0.6 is 27.5 Å². The fourth-order valence-corrected chi connectivity index (χ4v) is 2.13. The molecule has 0 unspecified atom stereocenters. The summed E-state index contributed by atoms with van der Waals surface area (Å²) < 4.78 is 0.939. The summed E-state index contributed by atoms with van der Waals surface area (Å²) in [4.78, 5) is 8.18. The Morgan fingerprint density at radius 3 is 2.89 bits per heavy atom. The molecular formula is C12H12BrClN4. The molecule has 4 nitrogen and oxygen atoms in total. The maximum atomic E-state index is 6.12. The number of hydrogen-bond acceptors (Lipinski definition) is 4. The van der Waals surface area contributed by atoms with Crippen molar-refractivity contribution < 1.29 is 0 Å². The van der Waals surface area contributed by atoms with Crippen molar-refractivity contribution in [2.45, 2.75) is 13.3 Å².